The Labute approximate surface area is 166 Å². The Bertz CT molecular complexity index is 493. The van der Waals surface area contributed by atoms with Gasteiger partial charge in [-0.05, 0) is 0 Å². The molecule has 148 valence electrons. The van der Waals surface area contributed by atoms with Crippen LogP contribution in [0.2, 0.25) is 13.3 Å². The van der Waals surface area contributed by atoms with E-state index >= 15 is 0 Å². The van der Waals surface area contributed by atoms with Crippen molar-refractivity contribution in [1.82, 2.24) is 0 Å². The third-order valence-corrected chi connectivity index (χ3v) is 21.1. The number of hydrogen-bond donors (Lipinski definition) is 1. The Hall–Kier alpha value is -0.511. The molecule has 0 aliphatic heterocycles. The molecule has 1 N–H and O–H groups in total. The van der Waals surface area contributed by atoms with Crippen LogP contribution in [0.1, 0.15) is 85.5 Å². The summed E-state index contributed by atoms with van der Waals surface area (Å²) in [6.07, 6.45) is 10.7. The van der Waals surface area contributed by atoms with Crippen molar-refractivity contribution in [1.29, 1.82) is 0 Å². The van der Waals surface area contributed by atoms with E-state index in [0.717, 1.165) is 18.5 Å². The zero-order valence-corrected chi connectivity index (χ0v) is 20.6. The first-order valence-electron chi connectivity index (χ1n) is 11.0. The van der Waals surface area contributed by atoms with Gasteiger partial charge in [-0.15, -0.1) is 0 Å². The number of unbranched alkanes of at least 4 members (excludes halogenated alkanes) is 4. The molecule has 1 aromatic carbocycles. The third kappa shape index (κ3) is 8.02. The number of rotatable bonds is 14. The Balaban J connectivity index is 3.05. The fraction of sp³-hybridized carbons (Fsp3) is 0.696. The van der Waals surface area contributed by atoms with Gasteiger partial charge in [0, 0.05) is 0 Å². The molecule has 0 heterocycles. The Morgan fingerprint density at radius 3 is 1.88 bits per heavy atom. The molecule has 0 radical (unpaired) electrons. The minimum absolute atomic E-state index is 0.167. The molecule has 0 saturated carbocycles. The first-order chi connectivity index (χ1) is 12.6. The summed E-state index contributed by atoms with van der Waals surface area (Å²) in [6, 6.07) is 8.99. The molecule has 2 nitrogen and oxygen atoms in total. The second-order valence-corrected chi connectivity index (χ2v) is 21.1. The van der Waals surface area contributed by atoms with E-state index < -0.39 is 18.4 Å². The number of carbonyl (C=O) groups excluding carboxylic acids is 1. The zero-order chi connectivity index (χ0) is 19.3. The number of carbonyl (C=O) groups is 1. The molecule has 1 amide bonds. The second kappa shape index (κ2) is 13.6. The molecule has 0 bridgehead atoms. The fourth-order valence-corrected chi connectivity index (χ4v) is 19.9. The van der Waals surface area contributed by atoms with Gasteiger partial charge in [0.25, 0.3) is 0 Å². The van der Waals surface area contributed by atoms with Crippen LogP contribution < -0.4 is 8.90 Å². The zero-order valence-electron chi connectivity index (χ0n) is 17.7. The number of nitrogens with one attached hydrogen (secondary N) is 1. The Morgan fingerprint density at radius 1 is 0.846 bits per heavy atom. The molecule has 1 aromatic rings. The van der Waals surface area contributed by atoms with E-state index in [9.17, 15) is 4.79 Å². The molecule has 0 fully saturated rings. The molecular formula is C23H41NOSn. The van der Waals surface area contributed by atoms with Crippen LogP contribution in [0.5, 0.6) is 0 Å². The van der Waals surface area contributed by atoms with E-state index in [1.807, 2.05) is 0 Å². The first kappa shape index (κ1) is 23.5. The molecule has 0 aliphatic rings. The van der Waals surface area contributed by atoms with Crippen LogP contribution >= 0.6 is 0 Å². The van der Waals surface area contributed by atoms with E-state index in [1.165, 1.54) is 51.8 Å². The van der Waals surface area contributed by atoms with E-state index in [-0.39, 0.29) is 5.91 Å². The Morgan fingerprint density at radius 2 is 1.38 bits per heavy atom. The summed E-state index contributed by atoms with van der Waals surface area (Å²) in [7, 11) is 0. The summed E-state index contributed by atoms with van der Waals surface area (Å²) < 4.78 is 6.05. The maximum absolute atomic E-state index is 12.2. The summed E-state index contributed by atoms with van der Waals surface area (Å²) in [6.45, 7) is 9.09. The molecule has 3 heteroatoms. The van der Waals surface area contributed by atoms with Gasteiger partial charge in [0.2, 0.25) is 0 Å². The normalized spacial score (nSPS) is 11.5. The molecular weight excluding hydrogens is 425 g/mol. The van der Waals surface area contributed by atoms with Gasteiger partial charge in [0.05, 0.1) is 0 Å². The monoisotopic (exact) mass is 467 g/mol. The fourth-order valence-electron chi connectivity index (χ4n) is 3.84. The van der Waals surface area contributed by atoms with Crippen LogP contribution in [-0.2, 0) is 4.79 Å². The van der Waals surface area contributed by atoms with Crippen molar-refractivity contribution in [2.45, 2.75) is 98.8 Å². The van der Waals surface area contributed by atoms with Crippen LogP contribution in [0, 0.1) is 0 Å². The van der Waals surface area contributed by atoms with Crippen molar-refractivity contribution in [3.8, 4) is 0 Å². The first-order valence-corrected chi connectivity index (χ1v) is 18.5. The predicted octanol–water partition coefficient (Wildman–Crippen LogP) is 6.87. The standard InChI is InChI=1S/C11H14NO.3C4H9.Sn/c1-2-3-9-11(13)12-10-7-5-4-6-8-10;3*1-3-4-2;/h4-5,7-8H,2-3,9H2,1H3,(H,12,13);3*1,3-4H2,2H3;. The summed E-state index contributed by atoms with van der Waals surface area (Å²) in [5.41, 5.74) is 1.02. The molecule has 0 spiro atoms. The molecule has 0 saturated heterocycles. The van der Waals surface area contributed by atoms with E-state index in [2.05, 4.69) is 57.3 Å². The maximum atomic E-state index is 12.2. The van der Waals surface area contributed by atoms with Crippen molar-refractivity contribution in [3.05, 3.63) is 24.3 Å². The topological polar surface area (TPSA) is 29.1 Å². The quantitative estimate of drug-likeness (QED) is 0.298. The van der Waals surface area contributed by atoms with E-state index in [1.54, 1.807) is 3.58 Å². The van der Waals surface area contributed by atoms with Gasteiger partial charge in [-0.3, -0.25) is 0 Å². The molecule has 0 aromatic heterocycles. The van der Waals surface area contributed by atoms with Crippen LogP contribution in [0.4, 0.5) is 5.69 Å². The van der Waals surface area contributed by atoms with Gasteiger partial charge in [0.15, 0.2) is 0 Å². The number of amides is 1. The molecule has 0 atom stereocenters. The summed E-state index contributed by atoms with van der Waals surface area (Å²) in [5, 5.41) is 3.15. The van der Waals surface area contributed by atoms with Crippen LogP contribution in [0.15, 0.2) is 24.3 Å². The number of benzene rings is 1. The van der Waals surface area contributed by atoms with Crippen molar-refractivity contribution >= 4 is 33.6 Å². The molecule has 26 heavy (non-hydrogen) atoms. The molecule has 0 unspecified atom stereocenters. The molecule has 0 aliphatic carbocycles. The van der Waals surface area contributed by atoms with Gasteiger partial charge in [-0.2, -0.15) is 0 Å². The SMILES string of the molecule is CCCCC(=O)Nc1ccc[c]([Sn]([CH2]CCC)([CH2]CCC)[CH2]CCC)c1. The van der Waals surface area contributed by atoms with Gasteiger partial charge in [-0.25, -0.2) is 0 Å². The van der Waals surface area contributed by atoms with Crippen molar-refractivity contribution in [2.24, 2.45) is 0 Å². The number of hydrogen-bond acceptors (Lipinski definition) is 1. The van der Waals surface area contributed by atoms with Gasteiger partial charge < -0.3 is 0 Å². The van der Waals surface area contributed by atoms with Crippen molar-refractivity contribution in [3.63, 3.8) is 0 Å². The number of anilines is 1. The second-order valence-electron chi connectivity index (χ2n) is 7.82. The van der Waals surface area contributed by atoms with Crippen LogP contribution in [-0.4, -0.2) is 24.3 Å². The average Bonchev–Trinajstić information content (AvgIpc) is 2.66. The van der Waals surface area contributed by atoms with E-state index in [4.69, 9.17) is 0 Å². The predicted molar refractivity (Wildman–Crippen MR) is 119 cm³/mol. The van der Waals surface area contributed by atoms with Crippen LogP contribution in [0.25, 0.3) is 0 Å². The summed E-state index contributed by atoms with van der Waals surface area (Å²) in [4.78, 5) is 12.2. The van der Waals surface area contributed by atoms with Crippen molar-refractivity contribution in [2.75, 3.05) is 5.32 Å². The van der Waals surface area contributed by atoms with Gasteiger partial charge >= 0.3 is 167 Å². The Kier molecular flexibility index (Phi) is 12.3. The van der Waals surface area contributed by atoms with Gasteiger partial charge in [-0.1, -0.05) is 0 Å². The van der Waals surface area contributed by atoms with Gasteiger partial charge in [0.1, 0.15) is 0 Å². The van der Waals surface area contributed by atoms with Crippen LogP contribution in [0.3, 0.4) is 0 Å². The van der Waals surface area contributed by atoms with Crippen molar-refractivity contribution < 1.29 is 4.79 Å². The summed E-state index contributed by atoms with van der Waals surface area (Å²) >= 11 is -2.40. The average molecular weight is 466 g/mol. The summed E-state index contributed by atoms with van der Waals surface area (Å²) in [5.74, 6) is 0.167. The molecule has 1 rings (SSSR count). The minimum atomic E-state index is -2.40. The third-order valence-electron chi connectivity index (χ3n) is 5.54. The van der Waals surface area contributed by atoms with E-state index in [0.29, 0.717) is 6.42 Å².